The van der Waals surface area contributed by atoms with Gasteiger partial charge in [0.05, 0.1) is 32.8 Å². The predicted octanol–water partition coefficient (Wildman–Crippen LogP) is 6.96. The molecule has 6 nitrogen and oxygen atoms in total. The summed E-state index contributed by atoms with van der Waals surface area (Å²) in [4.78, 5) is 11.5. The minimum absolute atomic E-state index is 0.0517. The maximum absolute atomic E-state index is 13.8. The lowest BCUT2D eigenvalue weighted by Gasteiger charge is -2.46. The lowest BCUT2D eigenvalue weighted by molar-refractivity contribution is -0.320. The summed E-state index contributed by atoms with van der Waals surface area (Å²) in [6.07, 6.45) is 8.39. The maximum atomic E-state index is 13.8. The van der Waals surface area contributed by atoms with E-state index < -0.39 is 17.9 Å². The van der Waals surface area contributed by atoms with E-state index in [2.05, 4.69) is 13.8 Å². The van der Waals surface area contributed by atoms with Gasteiger partial charge in [-0.3, -0.25) is 4.79 Å². The highest BCUT2D eigenvalue weighted by atomic mass is 19.1. The highest BCUT2D eigenvalue weighted by molar-refractivity contribution is 5.85. The van der Waals surface area contributed by atoms with Crippen LogP contribution in [0.1, 0.15) is 75.8 Å². The van der Waals surface area contributed by atoms with Crippen LogP contribution in [0.5, 0.6) is 11.5 Å². The predicted molar refractivity (Wildman–Crippen MR) is 140 cm³/mol. The second-order valence-corrected chi connectivity index (χ2v) is 10.2. The van der Waals surface area contributed by atoms with E-state index in [0.29, 0.717) is 17.9 Å². The van der Waals surface area contributed by atoms with Crippen molar-refractivity contribution in [2.75, 3.05) is 14.2 Å². The quantitative estimate of drug-likeness (QED) is 0.412. The summed E-state index contributed by atoms with van der Waals surface area (Å²) in [5.41, 5.74) is 3.60. The number of carbonyl (C=O) groups is 1. The van der Waals surface area contributed by atoms with Crippen molar-refractivity contribution in [3.8, 4) is 22.6 Å². The fraction of sp³-hybridized carbons (Fsp3) is 0.500. The highest BCUT2D eigenvalue weighted by Crippen LogP contribution is 2.46. The third-order valence-electron chi connectivity index (χ3n) is 7.23. The topological polar surface area (TPSA) is 74.2 Å². The fourth-order valence-corrected chi connectivity index (χ4v) is 5.52. The molecular formula is C30H37FO6. The van der Waals surface area contributed by atoms with Gasteiger partial charge in [-0.05, 0) is 53.6 Å². The van der Waals surface area contributed by atoms with Crippen LogP contribution in [-0.4, -0.2) is 43.3 Å². The first-order valence-electron chi connectivity index (χ1n) is 13.1. The second kappa shape index (κ2) is 11.7. The molecule has 1 spiro atoms. The minimum atomic E-state index is -0.874. The van der Waals surface area contributed by atoms with Crippen molar-refractivity contribution in [1.29, 1.82) is 0 Å². The van der Waals surface area contributed by atoms with E-state index in [9.17, 15) is 14.3 Å². The number of methoxy groups -OCH3 is 2. The van der Waals surface area contributed by atoms with Gasteiger partial charge in [0.2, 0.25) is 0 Å². The molecule has 2 unspecified atom stereocenters. The molecule has 1 saturated carbocycles. The third kappa shape index (κ3) is 6.16. The van der Waals surface area contributed by atoms with Crippen molar-refractivity contribution < 1.29 is 33.2 Å². The molecule has 2 atom stereocenters. The molecule has 200 valence electrons. The third-order valence-corrected chi connectivity index (χ3v) is 7.23. The minimum Gasteiger partial charge on any atom is -0.493 e. The molecule has 1 aliphatic carbocycles. The second-order valence-electron chi connectivity index (χ2n) is 10.2. The molecule has 37 heavy (non-hydrogen) atoms. The smallest absolute Gasteiger partial charge is 0.305 e. The molecular weight excluding hydrogens is 475 g/mol. The Morgan fingerprint density at radius 1 is 1.14 bits per heavy atom. The van der Waals surface area contributed by atoms with Gasteiger partial charge in [-0.1, -0.05) is 44.6 Å². The van der Waals surface area contributed by atoms with Crippen LogP contribution in [0.2, 0.25) is 0 Å². The highest BCUT2D eigenvalue weighted by Gasteiger charge is 2.43. The van der Waals surface area contributed by atoms with Crippen LogP contribution in [0.4, 0.5) is 4.39 Å². The average Bonchev–Trinajstić information content (AvgIpc) is 2.86. The Balaban J connectivity index is 1.79. The number of hydrogen-bond acceptors (Lipinski definition) is 5. The number of rotatable bonds is 8. The largest absolute Gasteiger partial charge is 0.493 e. The molecule has 2 aliphatic rings. The molecule has 0 amide bonds. The van der Waals surface area contributed by atoms with Gasteiger partial charge in [-0.25, -0.2) is 4.39 Å². The number of aliphatic carboxylic acids is 1. The van der Waals surface area contributed by atoms with Crippen LogP contribution in [0.25, 0.3) is 17.2 Å². The number of hydrogen-bond donors (Lipinski definition) is 1. The van der Waals surface area contributed by atoms with E-state index in [1.54, 1.807) is 26.4 Å². The molecule has 1 aliphatic heterocycles. The zero-order valence-corrected chi connectivity index (χ0v) is 22.1. The molecule has 2 aromatic carbocycles. The van der Waals surface area contributed by atoms with Gasteiger partial charge in [0, 0.05) is 24.8 Å². The summed E-state index contributed by atoms with van der Waals surface area (Å²) in [7, 11) is 3.20. The maximum Gasteiger partial charge on any atom is 0.305 e. The van der Waals surface area contributed by atoms with E-state index in [4.69, 9.17) is 18.9 Å². The van der Waals surface area contributed by atoms with Gasteiger partial charge in [0.15, 0.2) is 17.3 Å². The van der Waals surface area contributed by atoms with Crippen molar-refractivity contribution >= 4 is 12.0 Å². The lowest BCUT2D eigenvalue weighted by atomic mass is 9.88. The zero-order valence-electron chi connectivity index (χ0n) is 22.1. The molecule has 0 aromatic heterocycles. The molecule has 4 rings (SSSR count). The first kappa shape index (κ1) is 27.1. The van der Waals surface area contributed by atoms with Crippen LogP contribution in [-0.2, 0) is 14.3 Å². The first-order chi connectivity index (χ1) is 17.7. The van der Waals surface area contributed by atoms with Crippen molar-refractivity contribution in [2.45, 2.75) is 82.7 Å². The van der Waals surface area contributed by atoms with Crippen molar-refractivity contribution in [1.82, 2.24) is 0 Å². The summed E-state index contributed by atoms with van der Waals surface area (Å²) in [6.45, 7) is 4.22. The number of carboxylic acids is 1. The average molecular weight is 513 g/mol. The fourth-order valence-electron chi connectivity index (χ4n) is 5.52. The molecule has 0 radical (unpaired) electrons. The normalized spacial score (nSPS) is 21.5. The number of ether oxygens (including phenoxy) is 4. The Morgan fingerprint density at radius 2 is 1.84 bits per heavy atom. The van der Waals surface area contributed by atoms with Gasteiger partial charge in [-0.15, -0.1) is 0 Å². The van der Waals surface area contributed by atoms with E-state index in [1.165, 1.54) is 12.1 Å². The monoisotopic (exact) mass is 512 g/mol. The SMILES string of the molecule is COc1cc(C(C)C)c(/C=C/C2CC(CC(=O)O)OC3(CCCCC3)O2)c(-c2ccc(F)cc2)c1OC. The van der Waals surface area contributed by atoms with E-state index >= 15 is 0 Å². The van der Waals surface area contributed by atoms with Crippen molar-refractivity contribution in [3.05, 3.63) is 53.4 Å². The number of carboxylic acid groups (broad SMARTS) is 1. The van der Waals surface area contributed by atoms with Gasteiger partial charge in [0.1, 0.15) is 5.82 Å². The summed E-state index contributed by atoms with van der Waals surface area (Å²) in [5, 5.41) is 9.44. The van der Waals surface area contributed by atoms with Crippen molar-refractivity contribution in [2.24, 2.45) is 0 Å². The summed E-state index contributed by atoms with van der Waals surface area (Å²) in [5.74, 6) is -0.583. The van der Waals surface area contributed by atoms with Crippen LogP contribution >= 0.6 is 0 Å². The Bertz CT molecular complexity index is 1120. The molecule has 7 heteroatoms. The lowest BCUT2D eigenvalue weighted by Crippen LogP contribution is -2.49. The van der Waals surface area contributed by atoms with Gasteiger partial charge < -0.3 is 24.1 Å². The van der Waals surface area contributed by atoms with Crippen LogP contribution < -0.4 is 9.47 Å². The Hall–Kier alpha value is -2.90. The molecule has 1 N–H and O–H groups in total. The Labute approximate surface area is 218 Å². The summed E-state index contributed by atoms with van der Waals surface area (Å²) < 4.78 is 38.0. The van der Waals surface area contributed by atoms with E-state index in [0.717, 1.165) is 54.4 Å². The summed E-state index contributed by atoms with van der Waals surface area (Å²) >= 11 is 0. The van der Waals surface area contributed by atoms with Gasteiger partial charge in [0.25, 0.3) is 0 Å². The van der Waals surface area contributed by atoms with Crippen LogP contribution in [0.3, 0.4) is 0 Å². The van der Waals surface area contributed by atoms with E-state index in [-0.39, 0.29) is 24.3 Å². The Morgan fingerprint density at radius 3 is 2.43 bits per heavy atom. The molecule has 0 bridgehead atoms. The van der Waals surface area contributed by atoms with Crippen LogP contribution in [0.15, 0.2) is 36.4 Å². The summed E-state index contributed by atoms with van der Waals surface area (Å²) in [6, 6.07) is 8.32. The van der Waals surface area contributed by atoms with E-state index in [1.807, 2.05) is 18.2 Å². The molecule has 1 heterocycles. The van der Waals surface area contributed by atoms with Crippen LogP contribution in [0, 0.1) is 5.82 Å². The van der Waals surface area contributed by atoms with Gasteiger partial charge >= 0.3 is 5.97 Å². The number of benzene rings is 2. The molecule has 2 aromatic rings. The first-order valence-corrected chi connectivity index (χ1v) is 13.1. The molecule has 1 saturated heterocycles. The Kier molecular flexibility index (Phi) is 8.55. The molecule has 2 fully saturated rings. The van der Waals surface area contributed by atoms with Gasteiger partial charge in [-0.2, -0.15) is 0 Å². The van der Waals surface area contributed by atoms with Crippen molar-refractivity contribution in [3.63, 3.8) is 0 Å². The number of halogens is 1. The zero-order chi connectivity index (χ0) is 26.6. The standard InChI is InChI=1S/C30H37FO6/c1-19(2)25-18-26(34-3)29(35-4)28(20-8-10-21(31)11-9-20)24(25)13-12-22-16-23(17-27(32)33)37-30(36-22)14-6-5-7-15-30/h8-13,18-19,22-23H,5-7,14-17H2,1-4H3,(H,32,33)/b13-12+.